The highest BCUT2D eigenvalue weighted by Crippen LogP contribution is 2.35. The molecule has 0 saturated heterocycles. The summed E-state index contributed by atoms with van der Waals surface area (Å²) in [6, 6.07) is 0.549. The van der Waals surface area contributed by atoms with Crippen LogP contribution in [-0.2, 0) is 11.3 Å². The van der Waals surface area contributed by atoms with E-state index in [0.717, 1.165) is 25.1 Å². The average Bonchev–Trinajstić information content (AvgIpc) is 2.58. The molecular weight excluding hydrogens is 178 g/mol. The molecule has 0 radical (unpaired) electrons. The third-order valence-corrected chi connectivity index (χ3v) is 2.82. The van der Waals surface area contributed by atoms with E-state index in [1.54, 1.807) is 0 Å². The molecule has 4 heteroatoms. The number of nitrogens with zero attached hydrogens (tertiary/aromatic N) is 2. The summed E-state index contributed by atoms with van der Waals surface area (Å²) >= 11 is 0. The van der Waals surface area contributed by atoms with E-state index in [1.807, 2.05) is 19.4 Å². The van der Waals surface area contributed by atoms with Crippen molar-refractivity contribution in [2.75, 3.05) is 6.61 Å². The summed E-state index contributed by atoms with van der Waals surface area (Å²) in [6.07, 6.45) is 6.34. The molecule has 0 spiro atoms. The van der Waals surface area contributed by atoms with Gasteiger partial charge in [-0.15, -0.1) is 0 Å². The van der Waals surface area contributed by atoms with Crippen molar-refractivity contribution < 1.29 is 4.74 Å². The first-order valence-electron chi connectivity index (χ1n) is 5.17. The molecule has 0 aromatic carbocycles. The number of hydrogen-bond acceptors (Lipinski definition) is 3. The highest BCUT2D eigenvalue weighted by molar-refractivity contribution is 5.02. The molecule has 0 bridgehead atoms. The lowest BCUT2D eigenvalue weighted by atomic mass is 9.89. The third-order valence-electron chi connectivity index (χ3n) is 2.82. The monoisotopic (exact) mass is 195 g/mol. The molecule has 0 atom stereocenters. The minimum absolute atomic E-state index is 0.443. The summed E-state index contributed by atoms with van der Waals surface area (Å²) in [5.74, 6) is 0. The van der Waals surface area contributed by atoms with E-state index in [4.69, 9.17) is 10.5 Å². The second kappa shape index (κ2) is 4.11. The Kier molecular flexibility index (Phi) is 2.84. The van der Waals surface area contributed by atoms with E-state index < -0.39 is 0 Å². The first-order chi connectivity index (χ1) is 6.85. The average molecular weight is 195 g/mol. The number of rotatable bonds is 4. The minimum atomic E-state index is 0.443. The van der Waals surface area contributed by atoms with E-state index in [9.17, 15) is 0 Å². The predicted molar refractivity (Wildman–Crippen MR) is 53.8 cm³/mol. The molecule has 0 aliphatic heterocycles. The molecule has 1 aromatic heterocycles. The smallest absolute Gasteiger partial charge is 0.0951 e. The van der Waals surface area contributed by atoms with Gasteiger partial charge in [0.1, 0.15) is 0 Å². The highest BCUT2D eigenvalue weighted by atomic mass is 16.5. The lowest BCUT2D eigenvalue weighted by molar-refractivity contribution is -0.0202. The van der Waals surface area contributed by atoms with Crippen molar-refractivity contribution in [2.45, 2.75) is 38.5 Å². The van der Waals surface area contributed by atoms with Crippen molar-refractivity contribution in [3.05, 3.63) is 18.2 Å². The van der Waals surface area contributed by atoms with Crippen LogP contribution in [0.3, 0.4) is 0 Å². The standard InChI is InChI=1S/C10H17N3O/c1-2-14-10-3-8(4-10)13-7-12-6-9(13)5-11/h6-8,10H,2-5,11H2,1H3. The molecule has 1 saturated carbocycles. The zero-order valence-corrected chi connectivity index (χ0v) is 8.52. The van der Waals surface area contributed by atoms with Crippen molar-refractivity contribution in [1.82, 2.24) is 9.55 Å². The van der Waals surface area contributed by atoms with Gasteiger partial charge < -0.3 is 15.0 Å². The van der Waals surface area contributed by atoms with Crippen LogP contribution in [-0.4, -0.2) is 22.3 Å². The molecule has 2 rings (SSSR count). The summed E-state index contributed by atoms with van der Waals surface area (Å²) in [5.41, 5.74) is 6.73. The van der Waals surface area contributed by atoms with E-state index in [1.165, 1.54) is 0 Å². The normalized spacial score (nSPS) is 26.1. The predicted octanol–water partition coefficient (Wildman–Crippen LogP) is 1.08. The Hall–Kier alpha value is -0.870. The van der Waals surface area contributed by atoms with E-state index in [0.29, 0.717) is 18.7 Å². The van der Waals surface area contributed by atoms with Gasteiger partial charge >= 0.3 is 0 Å². The number of hydrogen-bond donors (Lipinski definition) is 1. The van der Waals surface area contributed by atoms with Crippen LogP contribution >= 0.6 is 0 Å². The summed E-state index contributed by atoms with van der Waals surface area (Å²) < 4.78 is 7.69. The van der Waals surface area contributed by atoms with Crippen molar-refractivity contribution >= 4 is 0 Å². The fourth-order valence-corrected chi connectivity index (χ4v) is 1.96. The third kappa shape index (κ3) is 1.67. The van der Waals surface area contributed by atoms with Gasteiger partial charge in [-0.2, -0.15) is 0 Å². The molecule has 1 aliphatic rings. The molecule has 0 amide bonds. The molecule has 1 aromatic rings. The maximum absolute atomic E-state index is 5.61. The zero-order valence-electron chi connectivity index (χ0n) is 8.52. The van der Waals surface area contributed by atoms with E-state index in [-0.39, 0.29) is 0 Å². The van der Waals surface area contributed by atoms with Crippen LogP contribution in [0.4, 0.5) is 0 Å². The number of imidazole rings is 1. The number of ether oxygens (including phenoxy) is 1. The van der Waals surface area contributed by atoms with Crippen molar-refractivity contribution in [3.8, 4) is 0 Å². The largest absolute Gasteiger partial charge is 0.378 e. The summed E-state index contributed by atoms with van der Waals surface area (Å²) in [4.78, 5) is 4.11. The Morgan fingerprint density at radius 1 is 1.64 bits per heavy atom. The second-order valence-corrected chi connectivity index (χ2v) is 3.70. The SMILES string of the molecule is CCOC1CC(n2cncc2CN)C1. The van der Waals surface area contributed by atoms with Crippen LogP contribution in [0.25, 0.3) is 0 Å². The van der Waals surface area contributed by atoms with Gasteiger partial charge in [0.05, 0.1) is 18.1 Å². The van der Waals surface area contributed by atoms with Gasteiger partial charge in [-0.25, -0.2) is 4.98 Å². The Bertz CT molecular complexity index is 291. The van der Waals surface area contributed by atoms with E-state index >= 15 is 0 Å². The fourth-order valence-electron chi connectivity index (χ4n) is 1.96. The van der Waals surface area contributed by atoms with Crippen molar-refractivity contribution in [2.24, 2.45) is 5.73 Å². The Labute approximate surface area is 84.1 Å². The number of nitrogens with two attached hydrogens (primary N) is 1. The first kappa shape index (κ1) is 9.68. The molecule has 0 unspecified atom stereocenters. The van der Waals surface area contributed by atoms with Crippen LogP contribution in [0.5, 0.6) is 0 Å². The second-order valence-electron chi connectivity index (χ2n) is 3.70. The maximum atomic E-state index is 5.61. The minimum Gasteiger partial charge on any atom is -0.378 e. The maximum Gasteiger partial charge on any atom is 0.0951 e. The Morgan fingerprint density at radius 3 is 3.07 bits per heavy atom. The van der Waals surface area contributed by atoms with Gasteiger partial charge in [0.15, 0.2) is 0 Å². The molecule has 1 aliphatic carbocycles. The van der Waals surface area contributed by atoms with Crippen molar-refractivity contribution in [1.29, 1.82) is 0 Å². The lowest BCUT2D eigenvalue weighted by Gasteiger charge is -2.36. The van der Waals surface area contributed by atoms with E-state index in [2.05, 4.69) is 9.55 Å². The van der Waals surface area contributed by atoms with Crippen LogP contribution in [0.15, 0.2) is 12.5 Å². The summed E-state index contributed by atoms with van der Waals surface area (Å²) in [7, 11) is 0. The molecule has 2 N–H and O–H groups in total. The molecule has 78 valence electrons. The van der Waals surface area contributed by atoms with Gasteiger partial charge in [0.25, 0.3) is 0 Å². The molecular formula is C10H17N3O. The number of aromatic nitrogens is 2. The van der Waals surface area contributed by atoms with Crippen LogP contribution in [0.2, 0.25) is 0 Å². The molecule has 4 nitrogen and oxygen atoms in total. The molecule has 1 fully saturated rings. The molecule has 14 heavy (non-hydrogen) atoms. The van der Waals surface area contributed by atoms with Crippen LogP contribution < -0.4 is 5.73 Å². The van der Waals surface area contributed by atoms with Gasteiger partial charge in [-0.3, -0.25) is 0 Å². The Balaban J connectivity index is 1.92. The summed E-state index contributed by atoms with van der Waals surface area (Å²) in [6.45, 7) is 3.41. The van der Waals surface area contributed by atoms with Crippen LogP contribution in [0.1, 0.15) is 31.5 Å². The molecule has 1 heterocycles. The van der Waals surface area contributed by atoms with Gasteiger partial charge in [-0.1, -0.05) is 0 Å². The van der Waals surface area contributed by atoms with Gasteiger partial charge in [0.2, 0.25) is 0 Å². The Morgan fingerprint density at radius 2 is 2.43 bits per heavy atom. The summed E-state index contributed by atoms with van der Waals surface area (Å²) in [5, 5.41) is 0. The fraction of sp³-hybridized carbons (Fsp3) is 0.700. The quantitative estimate of drug-likeness (QED) is 0.782. The highest BCUT2D eigenvalue weighted by Gasteiger charge is 2.31. The van der Waals surface area contributed by atoms with Crippen LogP contribution in [0, 0.1) is 0 Å². The van der Waals surface area contributed by atoms with Gasteiger partial charge in [0, 0.05) is 25.4 Å². The first-order valence-corrected chi connectivity index (χ1v) is 5.17. The topological polar surface area (TPSA) is 53.1 Å². The zero-order chi connectivity index (χ0) is 9.97. The lowest BCUT2D eigenvalue weighted by Crippen LogP contribution is -2.34. The van der Waals surface area contributed by atoms with Gasteiger partial charge in [-0.05, 0) is 19.8 Å². The van der Waals surface area contributed by atoms with Crippen molar-refractivity contribution in [3.63, 3.8) is 0 Å².